The molecule has 6 heteroatoms. The molecule has 0 unspecified atom stereocenters. The molecular formula is C12H13N3O3. The highest BCUT2D eigenvalue weighted by Gasteiger charge is 2.10. The molecule has 6 nitrogen and oxygen atoms in total. The fourth-order valence-electron chi connectivity index (χ4n) is 1.41. The van der Waals surface area contributed by atoms with Gasteiger partial charge in [0.1, 0.15) is 0 Å². The van der Waals surface area contributed by atoms with Crippen LogP contribution < -0.4 is 0 Å². The van der Waals surface area contributed by atoms with Crippen molar-refractivity contribution in [3.63, 3.8) is 0 Å². The number of nitrogens with zero attached hydrogens (tertiary/aromatic N) is 3. The van der Waals surface area contributed by atoms with Gasteiger partial charge in [0.05, 0.1) is 13.0 Å². The van der Waals surface area contributed by atoms with E-state index >= 15 is 0 Å². The molecule has 0 saturated carbocycles. The minimum Gasteiger partial charge on any atom is -0.466 e. The number of hydrogen-bond acceptors (Lipinski definition) is 6. The lowest BCUT2D eigenvalue weighted by molar-refractivity contribution is -0.143. The number of hydrogen-bond donors (Lipinski definition) is 0. The molecule has 94 valence electrons. The van der Waals surface area contributed by atoms with Gasteiger partial charge in [0.2, 0.25) is 11.8 Å². The lowest BCUT2D eigenvalue weighted by Gasteiger charge is -1.98. The van der Waals surface area contributed by atoms with Crippen molar-refractivity contribution < 1.29 is 13.9 Å². The third-order valence-corrected chi connectivity index (χ3v) is 2.24. The molecule has 0 bridgehead atoms. The number of pyridine rings is 1. The van der Waals surface area contributed by atoms with Crippen molar-refractivity contribution in [2.24, 2.45) is 0 Å². The Morgan fingerprint density at radius 3 is 2.83 bits per heavy atom. The Balaban J connectivity index is 1.97. The van der Waals surface area contributed by atoms with Crippen LogP contribution in [0.15, 0.2) is 28.9 Å². The van der Waals surface area contributed by atoms with E-state index in [0.29, 0.717) is 24.8 Å². The molecule has 0 aromatic carbocycles. The largest absolute Gasteiger partial charge is 0.466 e. The molecule has 0 radical (unpaired) electrons. The van der Waals surface area contributed by atoms with E-state index in [2.05, 4.69) is 15.2 Å². The molecule has 18 heavy (non-hydrogen) atoms. The van der Waals surface area contributed by atoms with Crippen LogP contribution in [-0.4, -0.2) is 27.8 Å². The number of esters is 1. The molecule has 0 fully saturated rings. The van der Waals surface area contributed by atoms with E-state index < -0.39 is 0 Å². The first-order chi connectivity index (χ1) is 8.79. The first-order valence-electron chi connectivity index (χ1n) is 5.68. The van der Waals surface area contributed by atoms with Crippen molar-refractivity contribution in [1.29, 1.82) is 0 Å². The van der Waals surface area contributed by atoms with Gasteiger partial charge in [-0.25, -0.2) is 0 Å². The van der Waals surface area contributed by atoms with Gasteiger partial charge in [-0.05, 0) is 19.1 Å². The number of carbonyl (C=O) groups is 1. The molecule has 2 aromatic heterocycles. The Morgan fingerprint density at radius 2 is 2.11 bits per heavy atom. The summed E-state index contributed by atoms with van der Waals surface area (Å²) < 4.78 is 10.3. The van der Waals surface area contributed by atoms with E-state index in [4.69, 9.17) is 9.15 Å². The highest BCUT2D eigenvalue weighted by molar-refractivity contribution is 5.69. The Morgan fingerprint density at radius 1 is 1.33 bits per heavy atom. The molecule has 0 aliphatic heterocycles. The molecule has 2 heterocycles. The van der Waals surface area contributed by atoms with E-state index in [0.717, 1.165) is 5.56 Å². The normalized spacial score (nSPS) is 10.3. The molecule has 0 aliphatic rings. The van der Waals surface area contributed by atoms with Crippen molar-refractivity contribution in [3.8, 4) is 11.5 Å². The number of carbonyl (C=O) groups excluding carboxylic acids is 1. The summed E-state index contributed by atoms with van der Waals surface area (Å²) in [6, 6.07) is 3.56. The zero-order valence-corrected chi connectivity index (χ0v) is 10.00. The number of rotatable bonds is 5. The quantitative estimate of drug-likeness (QED) is 0.747. The van der Waals surface area contributed by atoms with Crippen LogP contribution in [-0.2, 0) is 16.0 Å². The van der Waals surface area contributed by atoms with E-state index in [-0.39, 0.29) is 12.4 Å². The highest BCUT2D eigenvalue weighted by atomic mass is 16.5. The Labute approximate surface area is 104 Å². The summed E-state index contributed by atoms with van der Waals surface area (Å²) in [7, 11) is 0. The molecule has 0 atom stereocenters. The third-order valence-electron chi connectivity index (χ3n) is 2.24. The fourth-order valence-corrected chi connectivity index (χ4v) is 1.41. The fraction of sp³-hybridized carbons (Fsp3) is 0.333. The number of ether oxygens (including phenoxy) is 1. The van der Waals surface area contributed by atoms with Crippen LogP contribution in [0.4, 0.5) is 0 Å². The first kappa shape index (κ1) is 12.2. The van der Waals surface area contributed by atoms with Gasteiger partial charge in [0.25, 0.3) is 0 Å². The zero-order valence-electron chi connectivity index (χ0n) is 10.00. The van der Waals surface area contributed by atoms with E-state index in [1.165, 1.54) is 0 Å². The first-order valence-corrected chi connectivity index (χ1v) is 5.68. The Kier molecular flexibility index (Phi) is 4.01. The molecule has 0 saturated heterocycles. The van der Waals surface area contributed by atoms with Crippen LogP contribution in [0.25, 0.3) is 11.5 Å². The SMILES string of the molecule is CCOC(=O)CCc1nnc(-c2ccncc2)o1. The Bertz CT molecular complexity index is 510. The maximum absolute atomic E-state index is 11.2. The van der Waals surface area contributed by atoms with Gasteiger partial charge in [-0.1, -0.05) is 0 Å². The summed E-state index contributed by atoms with van der Waals surface area (Å²) in [5, 5.41) is 7.79. The van der Waals surface area contributed by atoms with Gasteiger partial charge in [0, 0.05) is 24.4 Å². The number of aromatic nitrogens is 3. The van der Waals surface area contributed by atoms with Gasteiger partial charge in [-0.2, -0.15) is 0 Å². The second-order valence-corrected chi connectivity index (χ2v) is 3.54. The second kappa shape index (κ2) is 5.90. The standard InChI is InChI=1S/C12H13N3O3/c1-2-17-11(16)4-3-10-14-15-12(18-10)9-5-7-13-8-6-9/h5-8H,2-4H2,1H3. The molecular weight excluding hydrogens is 234 g/mol. The monoisotopic (exact) mass is 247 g/mol. The molecule has 2 aromatic rings. The summed E-state index contributed by atoms with van der Waals surface area (Å²) in [6.45, 7) is 2.15. The molecule has 2 rings (SSSR count). The minimum absolute atomic E-state index is 0.242. The number of aryl methyl sites for hydroxylation is 1. The lowest BCUT2D eigenvalue weighted by atomic mass is 10.3. The zero-order chi connectivity index (χ0) is 12.8. The smallest absolute Gasteiger partial charge is 0.306 e. The van der Waals surface area contributed by atoms with Crippen LogP contribution >= 0.6 is 0 Å². The van der Waals surface area contributed by atoms with Crippen molar-refractivity contribution in [3.05, 3.63) is 30.4 Å². The minimum atomic E-state index is -0.263. The molecule has 0 N–H and O–H groups in total. The molecule has 0 aliphatic carbocycles. The lowest BCUT2D eigenvalue weighted by Crippen LogP contribution is -2.05. The van der Waals surface area contributed by atoms with Crippen molar-refractivity contribution >= 4 is 5.97 Å². The van der Waals surface area contributed by atoms with Crippen molar-refractivity contribution in [1.82, 2.24) is 15.2 Å². The molecule has 0 spiro atoms. The topological polar surface area (TPSA) is 78.1 Å². The predicted molar refractivity (Wildman–Crippen MR) is 62.5 cm³/mol. The van der Waals surface area contributed by atoms with E-state index in [9.17, 15) is 4.79 Å². The second-order valence-electron chi connectivity index (χ2n) is 3.54. The van der Waals surface area contributed by atoms with Gasteiger partial charge >= 0.3 is 5.97 Å². The van der Waals surface area contributed by atoms with Crippen LogP contribution in [0.2, 0.25) is 0 Å². The van der Waals surface area contributed by atoms with E-state index in [1.54, 1.807) is 31.5 Å². The van der Waals surface area contributed by atoms with E-state index in [1.807, 2.05) is 0 Å². The Hall–Kier alpha value is -2.24. The van der Waals surface area contributed by atoms with Crippen LogP contribution in [0, 0.1) is 0 Å². The van der Waals surface area contributed by atoms with Crippen LogP contribution in [0.5, 0.6) is 0 Å². The maximum Gasteiger partial charge on any atom is 0.306 e. The summed E-state index contributed by atoms with van der Waals surface area (Å²) in [5.41, 5.74) is 0.805. The van der Waals surface area contributed by atoms with Gasteiger partial charge in [0.15, 0.2) is 0 Å². The van der Waals surface area contributed by atoms with Gasteiger partial charge < -0.3 is 9.15 Å². The summed E-state index contributed by atoms with van der Waals surface area (Å²) in [6.07, 6.45) is 3.93. The van der Waals surface area contributed by atoms with Crippen molar-refractivity contribution in [2.75, 3.05) is 6.61 Å². The van der Waals surface area contributed by atoms with Crippen LogP contribution in [0.3, 0.4) is 0 Å². The van der Waals surface area contributed by atoms with Crippen LogP contribution in [0.1, 0.15) is 19.2 Å². The third kappa shape index (κ3) is 3.13. The van der Waals surface area contributed by atoms with Gasteiger partial charge in [-0.15, -0.1) is 10.2 Å². The average molecular weight is 247 g/mol. The summed E-state index contributed by atoms with van der Waals surface area (Å²) in [4.78, 5) is 15.1. The van der Waals surface area contributed by atoms with Gasteiger partial charge in [-0.3, -0.25) is 9.78 Å². The summed E-state index contributed by atoms with van der Waals surface area (Å²) in [5.74, 6) is 0.590. The summed E-state index contributed by atoms with van der Waals surface area (Å²) >= 11 is 0. The average Bonchev–Trinajstić information content (AvgIpc) is 2.87. The maximum atomic E-state index is 11.2. The van der Waals surface area contributed by atoms with Crippen molar-refractivity contribution in [2.45, 2.75) is 19.8 Å². The predicted octanol–water partition coefficient (Wildman–Crippen LogP) is 1.63. The highest BCUT2D eigenvalue weighted by Crippen LogP contribution is 2.16. The molecule has 0 amide bonds.